The van der Waals surface area contributed by atoms with Gasteiger partial charge in [0.2, 0.25) is 5.76 Å². The zero-order valence-electron chi connectivity index (χ0n) is 14.3. The molecule has 1 heterocycles. The number of anilines is 1. The average Bonchev–Trinajstić information content (AvgIpc) is 2.97. The molecule has 0 unspecified atom stereocenters. The second kappa shape index (κ2) is 8.86. The molecule has 0 spiro atoms. The molecule has 1 aromatic carbocycles. The number of rotatable bonds is 8. The maximum absolute atomic E-state index is 12.1. The van der Waals surface area contributed by atoms with Gasteiger partial charge in [-0.1, -0.05) is 25.5 Å². The first-order valence-electron chi connectivity index (χ1n) is 8.20. The molecule has 0 radical (unpaired) electrons. The summed E-state index contributed by atoms with van der Waals surface area (Å²) in [7, 11) is 0. The molecule has 1 N–H and O–H groups in total. The number of carbonyl (C=O) groups is 3. The predicted octanol–water partition coefficient (Wildman–Crippen LogP) is 3.28. The summed E-state index contributed by atoms with van der Waals surface area (Å²) in [5.41, 5.74) is 0.657. The summed E-state index contributed by atoms with van der Waals surface area (Å²) in [6.07, 6.45) is 1.84. The Morgan fingerprint density at radius 3 is 2.60 bits per heavy atom. The molecule has 1 aromatic heterocycles. The first-order valence-corrected chi connectivity index (χ1v) is 8.20. The van der Waals surface area contributed by atoms with Crippen molar-refractivity contribution in [1.82, 2.24) is 0 Å². The molecule has 25 heavy (non-hydrogen) atoms. The maximum atomic E-state index is 12.1. The third-order valence-corrected chi connectivity index (χ3v) is 3.42. The summed E-state index contributed by atoms with van der Waals surface area (Å²) < 4.78 is 15.4. The number of hydrogen-bond donors (Lipinski definition) is 1. The van der Waals surface area contributed by atoms with E-state index >= 15 is 0 Å². The van der Waals surface area contributed by atoms with E-state index < -0.39 is 24.5 Å². The van der Waals surface area contributed by atoms with E-state index in [2.05, 4.69) is 5.32 Å². The largest absolute Gasteiger partial charge is 0.460 e. The fourth-order valence-corrected chi connectivity index (χ4v) is 2.22. The summed E-state index contributed by atoms with van der Waals surface area (Å²) in [4.78, 5) is 35.6. The Labute approximate surface area is 145 Å². The molecule has 0 bridgehead atoms. The summed E-state index contributed by atoms with van der Waals surface area (Å²) in [5, 5.41) is 3.14. The van der Waals surface area contributed by atoms with Crippen LogP contribution in [0.2, 0.25) is 0 Å². The van der Waals surface area contributed by atoms with Crippen LogP contribution < -0.4 is 5.32 Å². The number of ether oxygens (including phenoxy) is 2. The number of fused-ring (bicyclic) bond motifs is 1. The summed E-state index contributed by atoms with van der Waals surface area (Å²) in [6.45, 7) is 3.39. The van der Waals surface area contributed by atoms with Crippen LogP contribution in [0.1, 0.15) is 43.7 Å². The van der Waals surface area contributed by atoms with Gasteiger partial charge in [0, 0.05) is 11.8 Å². The third-order valence-electron chi connectivity index (χ3n) is 3.42. The molecular formula is C18H21NO6. The second-order valence-corrected chi connectivity index (χ2v) is 5.34. The van der Waals surface area contributed by atoms with Crippen molar-refractivity contribution in [3.63, 3.8) is 0 Å². The van der Waals surface area contributed by atoms with Crippen molar-refractivity contribution in [2.45, 2.75) is 33.1 Å². The van der Waals surface area contributed by atoms with Crippen LogP contribution in [0.5, 0.6) is 0 Å². The minimum Gasteiger partial charge on any atom is -0.460 e. The first kappa shape index (κ1) is 18.5. The first-order chi connectivity index (χ1) is 12.1. The van der Waals surface area contributed by atoms with E-state index in [-0.39, 0.29) is 24.5 Å². The van der Waals surface area contributed by atoms with Crippen molar-refractivity contribution in [1.29, 1.82) is 0 Å². The van der Waals surface area contributed by atoms with Crippen LogP contribution in [-0.2, 0) is 19.1 Å². The van der Waals surface area contributed by atoms with Gasteiger partial charge in [-0.25, -0.2) is 4.79 Å². The minimum atomic E-state index is -0.672. The van der Waals surface area contributed by atoms with Crippen molar-refractivity contribution in [2.75, 3.05) is 18.5 Å². The molecule has 134 valence electrons. The van der Waals surface area contributed by atoms with E-state index in [1.807, 2.05) is 6.92 Å². The lowest BCUT2D eigenvalue weighted by Gasteiger charge is -2.07. The zero-order chi connectivity index (χ0) is 18.2. The maximum Gasteiger partial charge on any atom is 0.376 e. The van der Waals surface area contributed by atoms with Crippen LogP contribution in [0, 0.1) is 0 Å². The number of esters is 2. The van der Waals surface area contributed by atoms with Crippen molar-refractivity contribution < 1.29 is 28.3 Å². The van der Waals surface area contributed by atoms with Gasteiger partial charge < -0.3 is 19.2 Å². The van der Waals surface area contributed by atoms with Gasteiger partial charge in [0.05, 0.1) is 6.61 Å². The van der Waals surface area contributed by atoms with Gasteiger partial charge in [0.15, 0.2) is 6.61 Å². The molecule has 0 fully saturated rings. The Morgan fingerprint density at radius 1 is 1.12 bits per heavy atom. The van der Waals surface area contributed by atoms with Gasteiger partial charge in [-0.15, -0.1) is 0 Å². The molecule has 7 heteroatoms. The van der Waals surface area contributed by atoms with E-state index in [9.17, 15) is 14.4 Å². The lowest BCUT2D eigenvalue weighted by Crippen LogP contribution is -2.22. The monoisotopic (exact) mass is 347 g/mol. The molecule has 1 amide bonds. The topological polar surface area (TPSA) is 94.8 Å². The Balaban J connectivity index is 2.13. The Kier molecular flexibility index (Phi) is 6.56. The van der Waals surface area contributed by atoms with Gasteiger partial charge in [0.25, 0.3) is 5.91 Å². The van der Waals surface area contributed by atoms with Crippen LogP contribution in [-0.4, -0.2) is 31.1 Å². The molecule has 2 rings (SSSR count). The van der Waals surface area contributed by atoms with E-state index in [4.69, 9.17) is 13.9 Å². The number of amides is 1. The molecule has 0 aliphatic carbocycles. The molecule has 7 nitrogen and oxygen atoms in total. The minimum absolute atomic E-state index is 0.0892. The number of hydrogen-bond acceptors (Lipinski definition) is 6. The highest BCUT2D eigenvalue weighted by atomic mass is 16.5. The number of carbonyl (C=O) groups excluding carboxylic acids is 3. The van der Waals surface area contributed by atoms with Gasteiger partial charge >= 0.3 is 11.9 Å². The second-order valence-electron chi connectivity index (χ2n) is 5.34. The average molecular weight is 347 g/mol. The van der Waals surface area contributed by atoms with Crippen LogP contribution in [0.4, 0.5) is 5.69 Å². The highest BCUT2D eigenvalue weighted by molar-refractivity contribution is 6.09. The van der Waals surface area contributed by atoms with Gasteiger partial charge in [-0.05, 0) is 25.5 Å². The Hall–Kier alpha value is -2.83. The summed E-state index contributed by atoms with van der Waals surface area (Å²) in [6, 6.07) is 6.90. The van der Waals surface area contributed by atoms with Crippen LogP contribution in [0.15, 0.2) is 28.7 Å². The van der Waals surface area contributed by atoms with E-state index in [0.29, 0.717) is 17.4 Å². The van der Waals surface area contributed by atoms with E-state index in [0.717, 1.165) is 6.42 Å². The Morgan fingerprint density at radius 2 is 1.88 bits per heavy atom. The van der Waals surface area contributed by atoms with E-state index in [1.54, 1.807) is 31.2 Å². The molecule has 0 saturated carbocycles. The van der Waals surface area contributed by atoms with Crippen molar-refractivity contribution in [2.24, 2.45) is 0 Å². The van der Waals surface area contributed by atoms with Crippen LogP contribution >= 0.6 is 0 Å². The number of benzene rings is 1. The standard InChI is InChI=1S/C18H21NO6/c1-3-5-10-15(21)24-11-14(20)19-16-12-8-6-7-9-13(12)25-17(16)18(22)23-4-2/h6-9H,3-5,10-11H2,1-2H3,(H,19,20). The smallest absolute Gasteiger partial charge is 0.376 e. The summed E-state index contributed by atoms with van der Waals surface area (Å²) in [5.74, 6) is -1.75. The molecule has 0 atom stereocenters. The highest BCUT2D eigenvalue weighted by Gasteiger charge is 2.23. The van der Waals surface area contributed by atoms with E-state index in [1.165, 1.54) is 0 Å². The van der Waals surface area contributed by atoms with Crippen molar-refractivity contribution >= 4 is 34.5 Å². The van der Waals surface area contributed by atoms with Gasteiger partial charge in [0.1, 0.15) is 11.3 Å². The summed E-state index contributed by atoms with van der Waals surface area (Å²) >= 11 is 0. The quantitative estimate of drug-likeness (QED) is 0.736. The number of nitrogens with one attached hydrogen (secondary N) is 1. The zero-order valence-corrected chi connectivity index (χ0v) is 14.3. The lowest BCUT2D eigenvalue weighted by atomic mass is 10.2. The normalized spacial score (nSPS) is 10.5. The van der Waals surface area contributed by atoms with Crippen LogP contribution in [0.3, 0.4) is 0 Å². The van der Waals surface area contributed by atoms with Crippen molar-refractivity contribution in [3.8, 4) is 0 Å². The molecule has 0 saturated heterocycles. The Bertz CT molecular complexity index is 764. The molecule has 0 aliphatic rings. The van der Waals surface area contributed by atoms with Crippen molar-refractivity contribution in [3.05, 3.63) is 30.0 Å². The number of para-hydroxylation sites is 1. The van der Waals surface area contributed by atoms with Crippen LogP contribution in [0.25, 0.3) is 11.0 Å². The third kappa shape index (κ3) is 4.82. The highest BCUT2D eigenvalue weighted by Crippen LogP contribution is 2.31. The van der Waals surface area contributed by atoms with Gasteiger partial charge in [-0.2, -0.15) is 0 Å². The molecular weight excluding hydrogens is 326 g/mol. The number of furan rings is 1. The fraction of sp³-hybridized carbons (Fsp3) is 0.389. The van der Waals surface area contributed by atoms with Gasteiger partial charge in [-0.3, -0.25) is 9.59 Å². The fourth-order valence-electron chi connectivity index (χ4n) is 2.22. The molecule has 2 aromatic rings. The lowest BCUT2D eigenvalue weighted by molar-refractivity contribution is -0.147. The SMILES string of the molecule is CCCCC(=O)OCC(=O)Nc1c(C(=O)OCC)oc2ccccc12. The molecule has 0 aliphatic heterocycles. The predicted molar refractivity (Wildman–Crippen MR) is 91.3 cm³/mol. The number of unbranched alkanes of at least 4 members (excludes halogenated alkanes) is 1.